The van der Waals surface area contributed by atoms with E-state index in [4.69, 9.17) is 5.73 Å². The Labute approximate surface area is 113 Å². The Morgan fingerprint density at radius 2 is 1.89 bits per heavy atom. The van der Waals surface area contributed by atoms with E-state index in [1.54, 1.807) is 0 Å². The van der Waals surface area contributed by atoms with Crippen molar-refractivity contribution in [2.45, 2.75) is 30.5 Å². The first kappa shape index (κ1) is 13.2. The molecule has 2 N–H and O–H groups in total. The van der Waals surface area contributed by atoms with Crippen LogP contribution in [0.15, 0.2) is 53.4 Å². The third-order valence-electron chi connectivity index (χ3n) is 2.89. The highest BCUT2D eigenvalue weighted by molar-refractivity contribution is 7.98. The van der Waals surface area contributed by atoms with Gasteiger partial charge in [0.25, 0.3) is 0 Å². The molecule has 0 radical (unpaired) electrons. The first-order chi connectivity index (χ1) is 8.66. The molecule has 2 aromatic rings. The molecule has 0 aliphatic rings. The second kappa shape index (κ2) is 6.07. The SMILES string of the molecule is Cc1cccc(CSc2ccccc2[C@@H](C)N)c1. The summed E-state index contributed by atoms with van der Waals surface area (Å²) in [5, 5.41) is 0. The smallest absolute Gasteiger partial charge is 0.0277 e. The number of nitrogens with two attached hydrogens (primary N) is 1. The lowest BCUT2D eigenvalue weighted by Gasteiger charge is -2.12. The van der Waals surface area contributed by atoms with Crippen molar-refractivity contribution < 1.29 is 0 Å². The molecule has 0 aliphatic carbocycles. The molecule has 1 atom stereocenters. The van der Waals surface area contributed by atoms with Crippen LogP contribution in [0.2, 0.25) is 0 Å². The lowest BCUT2D eigenvalue weighted by Crippen LogP contribution is -2.06. The molecular weight excluding hydrogens is 238 g/mol. The summed E-state index contributed by atoms with van der Waals surface area (Å²) in [4.78, 5) is 1.29. The fraction of sp³-hybridized carbons (Fsp3) is 0.250. The van der Waals surface area contributed by atoms with Gasteiger partial charge in [-0.2, -0.15) is 0 Å². The van der Waals surface area contributed by atoms with Gasteiger partial charge in [-0.25, -0.2) is 0 Å². The molecule has 0 unspecified atom stereocenters. The molecule has 2 aromatic carbocycles. The standard InChI is InChI=1S/C16H19NS/c1-12-6-5-7-14(10-12)11-18-16-9-4-3-8-15(16)13(2)17/h3-10,13H,11,17H2,1-2H3/t13-/m1/s1. The topological polar surface area (TPSA) is 26.0 Å². The summed E-state index contributed by atoms with van der Waals surface area (Å²) in [6, 6.07) is 17.1. The van der Waals surface area contributed by atoms with Crippen LogP contribution < -0.4 is 5.73 Å². The summed E-state index contributed by atoms with van der Waals surface area (Å²) < 4.78 is 0. The minimum atomic E-state index is 0.0891. The molecule has 0 heterocycles. The summed E-state index contributed by atoms with van der Waals surface area (Å²) >= 11 is 1.86. The second-order valence-electron chi connectivity index (χ2n) is 4.60. The number of rotatable bonds is 4. The van der Waals surface area contributed by atoms with Crippen molar-refractivity contribution in [3.05, 3.63) is 65.2 Å². The second-order valence-corrected chi connectivity index (χ2v) is 5.62. The molecule has 0 amide bonds. The van der Waals surface area contributed by atoms with Gasteiger partial charge in [-0.15, -0.1) is 11.8 Å². The van der Waals surface area contributed by atoms with Gasteiger partial charge in [0.05, 0.1) is 0 Å². The number of hydrogen-bond acceptors (Lipinski definition) is 2. The van der Waals surface area contributed by atoms with Gasteiger partial charge in [0.1, 0.15) is 0 Å². The van der Waals surface area contributed by atoms with E-state index in [-0.39, 0.29) is 6.04 Å². The molecule has 2 heteroatoms. The van der Waals surface area contributed by atoms with E-state index < -0.39 is 0 Å². The highest BCUT2D eigenvalue weighted by Crippen LogP contribution is 2.29. The van der Waals surface area contributed by atoms with Gasteiger partial charge in [0, 0.05) is 16.7 Å². The largest absolute Gasteiger partial charge is 0.324 e. The predicted octanol–water partition coefficient (Wildman–Crippen LogP) is 4.31. The number of aryl methyl sites for hydroxylation is 1. The van der Waals surface area contributed by atoms with Crippen LogP contribution in [0.25, 0.3) is 0 Å². The first-order valence-electron chi connectivity index (χ1n) is 6.19. The van der Waals surface area contributed by atoms with Crippen LogP contribution in [0, 0.1) is 6.92 Å². The van der Waals surface area contributed by atoms with Crippen molar-refractivity contribution in [3.63, 3.8) is 0 Å². The summed E-state index contributed by atoms with van der Waals surface area (Å²) in [5.41, 5.74) is 9.90. The molecule has 1 nitrogen and oxygen atoms in total. The van der Waals surface area contributed by atoms with Crippen molar-refractivity contribution >= 4 is 11.8 Å². The molecule has 94 valence electrons. The van der Waals surface area contributed by atoms with Crippen LogP contribution in [0.4, 0.5) is 0 Å². The molecule has 0 saturated carbocycles. The maximum atomic E-state index is 5.99. The zero-order valence-corrected chi connectivity index (χ0v) is 11.7. The Hall–Kier alpha value is -1.25. The van der Waals surface area contributed by atoms with Crippen LogP contribution in [-0.2, 0) is 5.75 Å². The van der Waals surface area contributed by atoms with E-state index in [1.165, 1.54) is 21.6 Å². The zero-order chi connectivity index (χ0) is 13.0. The van der Waals surface area contributed by atoms with Crippen molar-refractivity contribution in [1.29, 1.82) is 0 Å². The number of thioether (sulfide) groups is 1. The average Bonchev–Trinajstić information content (AvgIpc) is 2.37. The predicted molar refractivity (Wildman–Crippen MR) is 79.8 cm³/mol. The molecule has 2 rings (SSSR count). The van der Waals surface area contributed by atoms with Gasteiger partial charge < -0.3 is 5.73 Å². The molecule has 0 aliphatic heterocycles. The fourth-order valence-electron chi connectivity index (χ4n) is 1.95. The zero-order valence-electron chi connectivity index (χ0n) is 10.9. The summed E-state index contributed by atoms with van der Waals surface area (Å²) in [6.07, 6.45) is 0. The van der Waals surface area contributed by atoms with E-state index in [1.807, 2.05) is 18.7 Å². The van der Waals surface area contributed by atoms with E-state index in [2.05, 4.69) is 55.5 Å². The maximum absolute atomic E-state index is 5.99. The van der Waals surface area contributed by atoms with Crippen LogP contribution >= 0.6 is 11.8 Å². The normalized spacial score (nSPS) is 12.4. The van der Waals surface area contributed by atoms with Crippen LogP contribution in [0.1, 0.15) is 29.7 Å². The van der Waals surface area contributed by atoms with E-state index in [0.29, 0.717) is 0 Å². The minimum Gasteiger partial charge on any atom is -0.324 e. The van der Waals surface area contributed by atoms with Gasteiger partial charge in [-0.05, 0) is 31.0 Å². The summed E-state index contributed by atoms with van der Waals surface area (Å²) in [6.45, 7) is 4.16. The van der Waals surface area contributed by atoms with Crippen LogP contribution in [-0.4, -0.2) is 0 Å². The Bertz CT molecular complexity index is 520. The molecule has 0 aromatic heterocycles. The van der Waals surface area contributed by atoms with Crippen molar-refractivity contribution in [2.75, 3.05) is 0 Å². The molecule has 0 fully saturated rings. The monoisotopic (exact) mass is 257 g/mol. The van der Waals surface area contributed by atoms with Crippen LogP contribution in [0.5, 0.6) is 0 Å². The van der Waals surface area contributed by atoms with E-state index in [0.717, 1.165) is 5.75 Å². The molecule has 0 spiro atoms. The van der Waals surface area contributed by atoms with Crippen molar-refractivity contribution in [1.82, 2.24) is 0 Å². The van der Waals surface area contributed by atoms with Crippen molar-refractivity contribution in [3.8, 4) is 0 Å². The maximum Gasteiger partial charge on any atom is 0.0277 e. The van der Waals surface area contributed by atoms with E-state index >= 15 is 0 Å². The third kappa shape index (κ3) is 3.37. The Balaban J connectivity index is 2.11. The molecule has 18 heavy (non-hydrogen) atoms. The Morgan fingerprint density at radius 1 is 1.11 bits per heavy atom. The fourth-order valence-corrected chi connectivity index (χ4v) is 3.05. The Morgan fingerprint density at radius 3 is 2.61 bits per heavy atom. The first-order valence-corrected chi connectivity index (χ1v) is 7.18. The van der Waals surface area contributed by atoms with Gasteiger partial charge in [0.2, 0.25) is 0 Å². The Kier molecular flexibility index (Phi) is 4.45. The average molecular weight is 257 g/mol. The number of benzene rings is 2. The van der Waals surface area contributed by atoms with Crippen molar-refractivity contribution in [2.24, 2.45) is 5.73 Å². The van der Waals surface area contributed by atoms with Crippen LogP contribution in [0.3, 0.4) is 0 Å². The molecular formula is C16H19NS. The molecule has 0 saturated heterocycles. The highest BCUT2D eigenvalue weighted by Gasteiger charge is 2.06. The van der Waals surface area contributed by atoms with Gasteiger partial charge in [0.15, 0.2) is 0 Å². The summed E-state index contributed by atoms with van der Waals surface area (Å²) in [7, 11) is 0. The molecule has 0 bridgehead atoms. The van der Waals surface area contributed by atoms with Gasteiger partial charge in [-0.3, -0.25) is 0 Å². The number of hydrogen-bond donors (Lipinski definition) is 1. The third-order valence-corrected chi connectivity index (χ3v) is 4.05. The van der Waals surface area contributed by atoms with E-state index in [9.17, 15) is 0 Å². The lowest BCUT2D eigenvalue weighted by molar-refractivity contribution is 0.797. The lowest BCUT2D eigenvalue weighted by atomic mass is 10.1. The highest BCUT2D eigenvalue weighted by atomic mass is 32.2. The summed E-state index contributed by atoms with van der Waals surface area (Å²) in [5.74, 6) is 0.991. The quantitative estimate of drug-likeness (QED) is 0.826. The minimum absolute atomic E-state index is 0.0891. The van der Waals surface area contributed by atoms with Gasteiger partial charge in [-0.1, -0.05) is 48.0 Å². The van der Waals surface area contributed by atoms with Gasteiger partial charge >= 0.3 is 0 Å².